The van der Waals surface area contributed by atoms with Gasteiger partial charge in [-0.25, -0.2) is 19.3 Å². The van der Waals surface area contributed by atoms with Crippen molar-refractivity contribution in [3.63, 3.8) is 0 Å². The highest BCUT2D eigenvalue weighted by Gasteiger charge is 2.38. The van der Waals surface area contributed by atoms with Gasteiger partial charge in [0, 0.05) is 30.9 Å². The maximum atomic E-state index is 15.2. The Bertz CT molecular complexity index is 1740. The van der Waals surface area contributed by atoms with Crippen LogP contribution < -0.4 is 10.5 Å². The zero-order chi connectivity index (χ0) is 28.3. The number of benzene rings is 1. The summed E-state index contributed by atoms with van der Waals surface area (Å²) in [5.41, 5.74) is -1.60. The van der Waals surface area contributed by atoms with Gasteiger partial charge < -0.3 is 9.64 Å². The molecule has 3 aromatic heterocycles. The number of nitrogens with zero attached hydrogens (tertiary/aromatic N) is 8. The van der Waals surface area contributed by atoms with E-state index in [2.05, 4.69) is 20.1 Å². The van der Waals surface area contributed by atoms with Crippen LogP contribution in [0.4, 0.5) is 23.5 Å². The van der Waals surface area contributed by atoms with Crippen LogP contribution in [-0.2, 0) is 18.0 Å². The molecule has 40 heavy (non-hydrogen) atoms. The molecule has 10 nitrogen and oxygen atoms in total. The van der Waals surface area contributed by atoms with Gasteiger partial charge in [-0.15, -0.1) is 0 Å². The lowest BCUT2D eigenvalue weighted by Crippen LogP contribution is -2.44. The Kier molecular flexibility index (Phi) is 6.06. The first-order valence-electron chi connectivity index (χ1n) is 12.5. The Morgan fingerprint density at radius 1 is 1.12 bits per heavy atom. The van der Waals surface area contributed by atoms with Crippen molar-refractivity contribution in [1.82, 2.24) is 29.3 Å². The Morgan fingerprint density at radius 3 is 2.58 bits per heavy atom. The SMILES string of the molecule is CC1CN(c2nc(-c3ccc(C#N)cc3F)c3nc(C(F)(F)F)n(C)c(=O)c3n2)C[C@H](c2cnn(C3CC3)c2)O1. The molecule has 0 spiro atoms. The van der Waals surface area contributed by atoms with E-state index < -0.39 is 40.5 Å². The molecule has 14 heteroatoms. The van der Waals surface area contributed by atoms with Gasteiger partial charge in [-0.3, -0.25) is 14.0 Å². The minimum atomic E-state index is -4.96. The van der Waals surface area contributed by atoms with Crippen LogP contribution in [0.3, 0.4) is 0 Å². The van der Waals surface area contributed by atoms with E-state index in [1.165, 1.54) is 12.1 Å². The van der Waals surface area contributed by atoms with Crippen LogP contribution >= 0.6 is 0 Å². The van der Waals surface area contributed by atoms with Crippen molar-refractivity contribution in [2.45, 2.75) is 44.2 Å². The smallest absolute Gasteiger partial charge is 0.367 e. The number of fused-ring (bicyclic) bond motifs is 1. The maximum Gasteiger partial charge on any atom is 0.449 e. The molecule has 1 aliphatic heterocycles. The van der Waals surface area contributed by atoms with Crippen LogP contribution in [0.15, 0.2) is 35.4 Å². The molecule has 6 rings (SSSR count). The molecule has 1 aromatic carbocycles. The van der Waals surface area contributed by atoms with Crippen LogP contribution in [-0.4, -0.2) is 48.5 Å². The molecule has 1 aliphatic carbocycles. The quantitative estimate of drug-likeness (QED) is 0.349. The van der Waals surface area contributed by atoms with E-state index >= 15 is 4.39 Å². The third-order valence-corrected chi connectivity index (χ3v) is 6.98. The van der Waals surface area contributed by atoms with Crippen molar-refractivity contribution in [2.75, 3.05) is 18.0 Å². The third kappa shape index (κ3) is 4.56. The Morgan fingerprint density at radius 2 is 1.90 bits per heavy atom. The highest BCUT2D eigenvalue weighted by Crippen LogP contribution is 2.36. The van der Waals surface area contributed by atoms with E-state index in [4.69, 9.17) is 10.00 Å². The Labute approximate surface area is 224 Å². The molecule has 2 aliphatic rings. The summed E-state index contributed by atoms with van der Waals surface area (Å²) in [7, 11) is 0.950. The van der Waals surface area contributed by atoms with Crippen LogP contribution in [0.5, 0.6) is 0 Å². The minimum Gasteiger partial charge on any atom is -0.367 e. The van der Waals surface area contributed by atoms with E-state index in [-0.39, 0.29) is 35.4 Å². The fourth-order valence-electron chi connectivity index (χ4n) is 4.85. The molecule has 0 radical (unpaired) electrons. The average molecular weight is 555 g/mol. The number of ether oxygens (including phenoxy) is 1. The molecule has 1 saturated heterocycles. The summed E-state index contributed by atoms with van der Waals surface area (Å²) in [6, 6.07) is 5.67. The molecular weight excluding hydrogens is 532 g/mol. The molecule has 4 aromatic rings. The van der Waals surface area contributed by atoms with Gasteiger partial charge in [0.15, 0.2) is 5.52 Å². The van der Waals surface area contributed by atoms with Gasteiger partial charge in [-0.1, -0.05) is 0 Å². The summed E-state index contributed by atoms with van der Waals surface area (Å²) in [6.45, 7) is 2.42. The Balaban J connectivity index is 1.51. The molecular formula is C26H22F4N8O2. The summed E-state index contributed by atoms with van der Waals surface area (Å²) >= 11 is 0. The summed E-state index contributed by atoms with van der Waals surface area (Å²) in [6.07, 6.45) is 0.109. The highest BCUT2D eigenvalue weighted by molar-refractivity contribution is 5.90. The molecule has 2 fully saturated rings. The predicted octanol–water partition coefficient (Wildman–Crippen LogP) is 3.92. The number of halogens is 4. The molecule has 0 bridgehead atoms. The van der Waals surface area contributed by atoms with Gasteiger partial charge in [0.1, 0.15) is 23.1 Å². The summed E-state index contributed by atoms with van der Waals surface area (Å²) in [5.74, 6) is -2.36. The van der Waals surface area contributed by atoms with E-state index in [1.807, 2.05) is 23.9 Å². The monoisotopic (exact) mass is 554 g/mol. The van der Waals surface area contributed by atoms with Crippen molar-refractivity contribution in [3.05, 3.63) is 63.7 Å². The number of aromatic nitrogens is 6. The number of rotatable bonds is 4. The van der Waals surface area contributed by atoms with Gasteiger partial charge in [-0.2, -0.15) is 23.5 Å². The van der Waals surface area contributed by atoms with Crippen LogP contribution in [0.1, 0.15) is 48.9 Å². The molecule has 4 heterocycles. The molecule has 0 amide bonds. The van der Waals surface area contributed by atoms with Crippen molar-refractivity contribution >= 4 is 17.0 Å². The second kappa shape index (κ2) is 9.37. The zero-order valence-electron chi connectivity index (χ0n) is 21.4. The molecule has 1 unspecified atom stereocenters. The standard InChI is InChI=1S/C26H22F4N8O2/c1-13-10-37(12-19(40-13)15-9-32-38(11-15)16-4-5-16)25-34-20(17-6-3-14(8-31)7-18(17)27)21-22(35-25)23(39)36(2)24(33-21)26(28,29)30/h3,6-7,9,11,13,16,19H,4-5,10,12H2,1-2H3/t13?,19-/m1/s1. The number of alkyl halides is 3. The number of hydrogen-bond donors (Lipinski definition) is 0. The van der Waals surface area contributed by atoms with E-state index in [1.54, 1.807) is 11.1 Å². The van der Waals surface area contributed by atoms with Gasteiger partial charge >= 0.3 is 6.18 Å². The molecule has 206 valence electrons. The minimum absolute atomic E-state index is 0.0104. The van der Waals surface area contributed by atoms with Crippen LogP contribution in [0.25, 0.3) is 22.3 Å². The van der Waals surface area contributed by atoms with E-state index in [0.717, 1.165) is 31.5 Å². The summed E-state index contributed by atoms with van der Waals surface area (Å²) < 4.78 is 64.8. The Hall–Kier alpha value is -4.38. The van der Waals surface area contributed by atoms with Crippen molar-refractivity contribution in [1.29, 1.82) is 5.26 Å². The first-order valence-corrected chi connectivity index (χ1v) is 12.5. The predicted molar refractivity (Wildman–Crippen MR) is 134 cm³/mol. The van der Waals surface area contributed by atoms with Crippen molar-refractivity contribution < 1.29 is 22.3 Å². The van der Waals surface area contributed by atoms with Gasteiger partial charge in [-0.05, 0) is 38.0 Å². The van der Waals surface area contributed by atoms with Gasteiger partial charge in [0.05, 0.1) is 36.5 Å². The van der Waals surface area contributed by atoms with Crippen LogP contribution in [0, 0.1) is 17.1 Å². The second-order valence-electron chi connectivity index (χ2n) is 10.00. The van der Waals surface area contributed by atoms with Gasteiger partial charge in [0.2, 0.25) is 11.8 Å². The lowest BCUT2D eigenvalue weighted by molar-refractivity contribution is -0.147. The summed E-state index contributed by atoms with van der Waals surface area (Å²) in [4.78, 5) is 27.4. The lowest BCUT2D eigenvalue weighted by atomic mass is 10.1. The second-order valence-corrected chi connectivity index (χ2v) is 10.00. The van der Waals surface area contributed by atoms with E-state index in [0.29, 0.717) is 17.2 Å². The highest BCUT2D eigenvalue weighted by atomic mass is 19.4. The van der Waals surface area contributed by atoms with E-state index in [9.17, 15) is 18.0 Å². The summed E-state index contributed by atoms with van der Waals surface area (Å²) in [5, 5.41) is 13.6. The van der Waals surface area contributed by atoms with Crippen molar-refractivity contribution in [3.8, 4) is 17.3 Å². The fourth-order valence-corrected chi connectivity index (χ4v) is 4.85. The van der Waals surface area contributed by atoms with Gasteiger partial charge in [0.25, 0.3) is 5.56 Å². The number of anilines is 1. The molecule has 0 N–H and O–H groups in total. The fraction of sp³-hybridized carbons (Fsp3) is 0.385. The maximum absolute atomic E-state index is 15.2. The largest absolute Gasteiger partial charge is 0.449 e. The average Bonchev–Trinajstić information content (AvgIpc) is 3.65. The normalized spacial score (nSPS) is 19.7. The first kappa shape index (κ1) is 25.9. The first-order chi connectivity index (χ1) is 19.0. The zero-order valence-corrected chi connectivity index (χ0v) is 21.4. The molecule has 2 atom stereocenters. The van der Waals surface area contributed by atoms with Crippen molar-refractivity contribution in [2.24, 2.45) is 7.05 Å². The number of hydrogen-bond acceptors (Lipinski definition) is 8. The lowest BCUT2D eigenvalue weighted by Gasteiger charge is -2.36. The van der Waals surface area contributed by atoms with Crippen LogP contribution in [0.2, 0.25) is 0 Å². The number of nitriles is 1. The molecule has 1 saturated carbocycles. The topological polar surface area (TPSA) is 115 Å². The number of morpholine rings is 1. The third-order valence-electron chi connectivity index (χ3n) is 6.98.